The van der Waals surface area contributed by atoms with Crippen LogP contribution in [0.15, 0.2) is 22.6 Å². The second-order valence-electron chi connectivity index (χ2n) is 2.30. The number of benzene rings is 1. The Hall–Kier alpha value is -1.58. The number of aromatic nitrogens is 1. The smallest absolute Gasteiger partial charge is 0.394 e. The van der Waals surface area contributed by atoms with Gasteiger partial charge in [0.05, 0.1) is 7.11 Å². The molecular formula is C8H6FNO2. The van der Waals surface area contributed by atoms with Gasteiger partial charge in [-0.2, -0.15) is 4.98 Å². The summed E-state index contributed by atoms with van der Waals surface area (Å²) in [5, 5.41) is 0. The van der Waals surface area contributed by atoms with Crippen molar-refractivity contribution in [3.05, 3.63) is 24.0 Å². The van der Waals surface area contributed by atoms with E-state index < -0.39 is 0 Å². The summed E-state index contributed by atoms with van der Waals surface area (Å²) in [5.74, 6) is -0.346. The zero-order valence-corrected chi connectivity index (χ0v) is 6.37. The Bertz CT molecular complexity index is 410. The number of oxazole rings is 1. The number of hydrogen-bond donors (Lipinski definition) is 0. The van der Waals surface area contributed by atoms with Crippen LogP contribution in [-0.2, 0) is 0 Å². The van der Waals surface area contributed by atoms with Gasteiger partial charge in [-0.15, -0.1) is 0 Å². The van der Waals surface area contributed by atoms with Crippen molar-refractivity contribution >= 4 is 11.1 Å². The lowest BCUT2D eigenvalue weighted by Crippen LogP contribution is -1.79. The Morgan fingerprint density at radius 3 is 3.08 bits per heavy atom. The number of ether oxygens (including phenoxy) is 1. The van der Waals surface area contributed by atoms with E-state index in [9.17, 15) is 4.39 Å². The molecule has 0 saturated heterocycles. The molecule has 62 valence electrons. The van der Waals surface area contributed by atoms with Crippen LogP contribution in [0.2, 0.25) is 0 Å². The molecule has 1 aromatic carbocycles. The van der Waals surface area contributed by atoms with Crippen molar-refractivity contribution in [2.75, 3.05) is 7.11 Å². The minimum atomic E-state index is -0.346. The van der Waals surface area contributed by atoms with Crippen LogP contribution >= 0.6 is 0 Å². The van der Waals surface area contributed by atoms with Gasteiger partial charge in [-0.05, 0) is 12.1 Å². The van der Waals surface area contributed by atoms with Gasteiger partial charge in [-0.3, -0.25) is 0 Å². The molecule has 3 nitrogen and oxygen atoms in total. The number of nitrogens with zero attached hydrogens (tertiary/aromatic N) is 1. The Kier molecular flexibility index (Phi) is 1.46. The molecule has 0 aliphatic carbocycles. The van der Waals surface area contributed by atoms with Crippen LogP contribution in [0, 0.1) is 5.82 Å². The number of fused-ring (bicyclic) bond motifs is 1. The fraction of sp³-hybridized carbons (Fsp3) is 0.125. The fourth-order valence-electron chi connectivity index (χ4n) is 0.965. The second-order valence-corrected chi connectivity index (χ2v) is 2.30. The summed E-state index contributed by atoms with van der Waals surface area (Å²) in [6.45, 7) is 0. The van der Waals surface area contributed by atoms with Crippen LogP contribution in [0.5, 0.6) is 6.08 Å². The third kappa shape index (κ3) is 1.01. The van der Waals surface area contributed by atoms with Gasteiger partial charge in [-0.25, -0.2) is 4.39 Å². The summed E-state index contributed by atoms with van der Waals surface area (Å²) >= 11 is 0. The molecule has 0 bridgehead atoms. The summed E-state index contributed by atoms with van der Waals surface area (Å²) in [6, 6.07) is 4.13. The lowest BCUT2D eigenvalue weighted by atomic mass is 10.3. The van der Waals surface area contributed by atoms with Crippen LogP contribution in [-0.4, -0.2) is 12.1 Å². The molecule has 1 aromatic heterocycles. The van der Waals surface area contributed by atoms with Crippen molar-refractivity contribution in [1.82, 2.24) is 4.98 Å². The van der Waals surface area contributed by atoms with Crippen molar-refractivity contribution in [3.8, 4) is 6.08 Å². The summed E-state index contributed by atoms with van der Waals surface area (Å²) in [6.07, 6.45) is 0.149. The molecule has 0 saturated carbocycles. The Balaban J connectivity index is 2.67. The van der Waals surface area contributed by atoms with E-state index in [-0.39, 0.29) is 11.9 Å². The molecule has 0 aliphatic heterocycles. The molecule has 0 amide bonds. The van der Waals surface area contributed by atoms with E-state index in [1.165, 1.54) is 25.3 Å². The average Bonchev–Trinajstić information content (AvgIpc) is 2.46. The summed E-state index contributed by atoms with van der Waals surface area (Å²) in [7, 11) is 1.45. The van der Waals surface area contributed by atoms with Crippen molar-refractivity contribution in [2.45, 2.75) is 0 Å². The van der Waals surface area contributed by atoms with E-state index >= 15 is 0 Å². The molecule has 0 aliphatic rings. The van der Waals surface area contributed by atoms with E-state index in [4.69, 9.17) is 9.15 Å². The fourth-order valence-corrected chi connectivity index (χ4v) is 0.965. The maximum absolute atomic E-state index is 12.6. The van der Waals surface area contributed by atoms with Crippen molar-refractivity contribution in [1.29, 1.82) is 0 Å². The molecular weight excluding hydrogens is 161 g/mol. The predicted molar refractivity (Wildman–Crippen MR) is 40.5 cm³/mol. The topological polar surface area (TPSA) is 35.3 Å². The first-order chi connectivity index (χ1) is 5.79. The molecule has 0 radical (unpaired) electrons. The minimum Gasteiger partial charge on any atom is -0.453 e. The second kappa shape index (κ2) is 2.48. The van der Waals surface area contributed by atoms with Gasteiger partial charge in [0, 0.05) is 6.07 Å². The summed E-state index contributed by atoms with van der Waals surface area (Å²) < 4.78 is 22.4. The van der Waals surface area contributed by atoms with Crippen molar-refractivity contribution < 1.29 is 13.5 Å². The third-order valence-corrected chi connectivity index (χ3v) is 1.51. The molecule has 1 heterocycles. The normalized spacial score (nSPS) is 10.5. The molecule has 4 heteroatoms. The highest BCUT2D eigenvalue weighted by Gasteiger charge is 2.05. The molecule has 0 spiro atoms. The van der Waals surface area contributed by atoms with E-state index in [0.29, 0.717) is 11.1 Å². The van der Waals surface area contributed by atoms with Crippen LogP contribution in [0.4, 0.5) is 4.39 Å². The zero-order valence-electron chi connectivity index (χ0n) is 6.37. The molecule has 0 atom stereocenters. The maximum atomic E-state index is 12.6. The lowest BCUT2D eigenvalue weighted by molar-refractivity contribution is 0.299. The van der Waals surface area contributed by atoms with Gasteiger partial charge in [0.2, 0.25) is 0 Å². The first-order valence-corrected chi connectivity index (χ1v) is 3.39. The quantitative estimate of drug-likeness (QED) is 0.651. The lowest BCUT2D eigenvalue weighted by Gasteiger charge is -1.85. The summed E-state index contributed by atoms with van der Waals surface area (Å²) in [5.41, 5.74) is 0.986. The molecule has 0 unspecified atom stereocenters. The standard InChI is InChI=1S/C8H6FNO2/c1-11-8-10-6-3-2-5(9)4-7(6)12-8/h2-4H,1H3. The molecule has 12 heavy (non-hydrogen) atoms. The monoisotopic (exact) mass is 167 g/mol. The largest absolute Gasteiger partial charge is 0.453 e. The van der Waals surface area contributed by atoms with Gasteiger partial charge in [0.15, 0.2) is 5.58 Å². The van der Waals surface area contributed by atoms with Crippen molar-refractivity contribution in [3.63, 3.8) is 0 Å². The van der Waals surface area contributed by atoms with E-state index in [1.807, 2.05) is 0 Å². The maximum Gasteiger partial charge on any atom is 0.394 e. The van der Waals surface area contributed by atoms with Gasteiger partial charge < -0.3 is 9.15 Å². The van der Waals surface area contributed by atoms with E-state index in [0.717, 1.165) is 0 Å². The first kappa shape index (κ1) is 7.09. The van der Waals surface area contributed by atoms with Gasteiger partial charge in [0.25, 0.3) is 0 Å². The molecule has 2 aromatic rings. The van der Waals surface area contributed by atoms with E-state index in [2.05, 4.69) is 4.98 Å². The molecule has 0 fully saturated rings. The summed E-state index contributed by atoms with van der Waals surface area (Å²) in [4.78, 5) is 3.92. The third-order valence-electron chi connectivity index (χ3n) is 1.51. The highest BCUT2D eigenvalue weighted by molar-refractivity contribution is 5.72. The van der Waals surface area contributed by atoms with Gasteiger partial charge in [0.1, 0.15) is 11.3 Å². The van der Waals surface area contributed by atoms with Crippen LogP contribution < -0.4 is 4.74 Å². The molecule has 2 rings (SSSR count). The zero-order chi connectivity index (χ0) is 8.55. The number of methoxy groups -OCH3 is 1. The molecule has 0 N–H and O–H groups in total. The van der Waals surface area contributed by atoms with Crippen LogP contribution in [0.1, 0.15) is 0 Å². The number of halogens is 1. The highest BCUT2D eigenvalue weighted by atomic mass is 19.1. The van der Waals surface area contributed by atoms with Crippen LogP contribution in [0.25, 0.3) is 11.1 Å². The Morgan fingerprint density at radius 1 is 1.50 bits per heavy atom. The Morgan fingerprint density at radius 2 is 2.33 bits per heavy atom. The number of rotatable bonds is 1. The SMILES string of the molecule is COc1nc2ccc(F)cc2o1. The average molecular weight is 167 g/mol. The van der Waals surface area contributed by atoms with E-state index in [1.54, 1.807) is 0 Å². The minimum absolute atomic E-state index is 0.149. The number of hydrogen-bond acceptors (Lipinski definition) is 3. The highest BCUT2D eigenvalue weighted by Crippen LogP contribution is 2.20. The van der Waals surface area contributed by atoms with Gasteiger partial charge in [-0.1, -0.05) is 0 Å². The first-order valence-electron chi connectivity index (χ1n) is 3.39. The van der Waals surface area contributed by atoms with Gasteiger partial charge >= 0.3 is 6.08 Å². The van der Waals surface area contributed by atoms with Crippen molar-refractivity contribution in [2.24, 2.45) is 0 Å². The predicted octanol–water partition coefficient (Wildman–Crippen LogP) is 1.98. The van der Waals surface area contributed by atoms with Crippen LogP contribution in [0.3, 0.4) is 0 Å². The Labute approximate surface area is 67.8 Å².